The minimum atomic E-state index is -3.42. The molecule has 172 valence electrons. The highest BCUT2D eigenvalue weighted by molar-refractivity contribution is 6.29. The third-order valence-corrected chi connectivity index (χ3v) is 9.22. The van der Waals surface area contributed by atoms with E-state index in [4.69, 9.17) is 19.3 Å². The predicted molar refractivity (Wildman–Crippen MR) is 118 cm³/mol. The van der Waals surface area contributed by atoms with E-state index in [2.05, 4.69) is 4.98 Å². The maximum atomic E-state index is 15.7. The number of rotatable bonds is 11. The first-order valence-electron chi connectivity index (χ1n) is 10.8. The summed E-state index contributed by atoms with van der Waals surface area (Å²) in [5, 5.41) is 0. The van der Waals surface area contributed by atoms with Crippen LogP contribution in [0, 0.1) is 0 Å². The van der Waals surface area contributed by atoms with Crippen molar-refractivity contribution in [1.29, 1.82) is 0 Å². The van der Waals surface area contributed by atoms with Gasteiger partial charge in [0.1, 0.15) is 18.0 Å². The first-order chi connectivity index (χ1) is 14.2. The lowest BCUT2D eigenvalue weighted by Gasteiger charge is -2.40. The minimum Gasteiger partial charge on any atom is -0.416 e. The molecule has 1 saturated heterocycles. The predicted octanol–water partition coefficient (Wildman–Crippen LogP) is 2.14. The van der Waals surface area contributed by atoms with Gasteiger partial charge in [0.2, 0.25) is 6.23 Å². The highest BCUT2D eigenvalue weighted by atomic mass is 28.2. The highest BCUT2D eigenvalue weighted by Gasteiger charge is 2.65. The van der Waals surface area contributed by atoms with E-state index in [0.29, 0.717) is 18.4 Å². The zero-order chi connectivity index (χ0) is 22.5. The summed E-state index contributed by atoms with van der Waals surface area (Å²) in [5.74, 6) is -3.45. The van der Waals surface area contributed by atoms with Gasteiger partial charge < -0.3 is 19.3 Å². The van der Waals surface area contributed by atoms with Crippen molar-refractivity contribution in [1.82, 2.24) is 9.55 Å². The first kappa shape index (κ1) is 25.1. The van der Waals surface area contributed by atoms with Crippen LogP contribution in [0.15, 0.2) is 17.1 Å². The van der Waals surface area contributed by atoms with Gasteiger partial charge >= 0.3 is 11.6 Å². The minimum absolute atomic E-state index is 0.0279. The summed E-state index contributed by atoms with van der Waals surface area (Å²) in [5.41, 5.74) is 4.08. The Hall–Kier alpha value is -1.15. The zero-order valence-electron chi connectivity index (χ0n) is 18.6. The Morgan fingerprint density at radius 3 is 2.47 bits per heavy atom. The fraction of sp³-hybridized carbons (Fsp3) is 0.789. The molecule has 11 heteroatoms. The number of anilines is 1. The van der Waals surface area contributed by atoms with Crippen molar-refractivity contribution < 1.29 is 22.4 Å². The van der Waals surface area contributed by atoms with Gasteiger partial charge in [0.15, 0.2) is 19.5 Å². The summed E-state index contributed by atoms with van der Waals surface area (Å²) >= 11 is 0. The molecule has 30 heavy (non-hydrogen) atoms. The van der Waals surface area contributed by atoms with Gasteiger partial charge in [-0.2, -0.15) is 13.8 Å². The van der Waals surface area contributed by atoms with E-state index in [1.807, 2.05) is 34.2 Å². The molecule has 1 aliphatic rings. The fourth-order valence-corrected chi connectivity index (χ4v) is 6.58. The highest BCUT2D eigenvalue weighted by Crippen LogP contribution is 2.49. The summed E-state index contributed by atoms with van der Waals surface area (Å²) in [4.78, 5) is 15.9. The van der Waals surface area contributed by atoms with Crippen LogP contribution in [0.5, 0.6) is 0 Å². The van der Waals surface area contributed by atoms with Gasteiger partial charge in [0.25, 0.3) is 0 Å². The quantitative estimate of drug-likeness (QED) is 0.506. The summed E-state index contributed by atoms with van der Waals surface area (Å²) in [6, 6.07) is 1.31. The third kappa shape index (κ3) is 4.85. The molecular weight excluding hydrogens is 428 g/mol. The second-order valence-corrected chi connectivity index (χ2v) is 10.5. The van der Waals surface area contributed by atoms with E-state index in [9.17, 15) is 4.79 Å². The molecule has 7 nitrogen and oxygen atoms in total. The van der Waals surface area contributed by atoms with Gasteiger partial charge in [0, 0.05) is 6.20 Å². The Morgan fingerprint density at radius 2 is 1.97 bits per heavy atom. The van der Waals surface area contributed by atoms with Gasteiger partial charge in [-0.15, -0.1) is 0 Å². The lowest BCUT2D eigenvalue weighted by atomic mass is 9.87. The molecule has 1 aromatic rings. The van der Waals surface area contributed by atoms with Crippen molar-refractivity contribution in [2.45, 2.75) is 95.4 Å². The van der Waals surface area contributed by atoms with E-state index < -0.39 is 55.2 Å². The zero-order valence-corrected chi connectivity index (χ0v) is 21.4. The van der Waals surface area contributed by atoms with E-state index in [-0.39, 0.29) is 5.82 Å². The number of hydrogen-bond acceptors (Lipinski definition) is 6. The molecule has 0 spiro atoms. The number of ether oxygens (including phenoxy) is 1. The number of aromatic nitrogens is 2. The normalized spacial score (nSPS) is 24.7. The average Bonchev–Trinajstić information content (AvgIpc) is 2.98. The topological polar surface area (TPSA) is 88.6 Å². The van der Waals surface area contributed by atoms with E-state index in [1.54, 1.807) is 0 Å². The number of hydrogen-bond donors (Lipinski definition) is 1. The molecule has 2 rings (SSSR count). The van der Waals surface area contributed by atoms with Crippen LogP contribution in [0.4, 0.5) is 14.6 Å². The molecule has 1 aliphatic heterocycles. The van der Waals surface area contributed by atoms with Crippen molar-refractivity contribution in [3.63, 3.8) is 0 Å². The SMILES string of the molecule is CCC(CC)[SiH2]OC1C(C(CC)(CC)O[SiH2]C)OC(n2ccc(N)nc2=O)C1(F)F. The Bertz CT molecular complexity index is 745. The first-order valence-corrected chi connectivity index (χ1v) is 14.2. The van der Waals surface area contributed by atoms with Crippen LogP contribution in [0.25, 0.3) is 0 Å². The summed E-state index contributed by atoms with van der Waals surface area (Å²) in [7, 11) is -2.14. The average molecular weight is 464 g/mol. The summed E-state index contributed by atoms with van der Waals surface area (Å²) in [6.45, 7) is 9.88. The van der Waals surface area contributed by atoms with Crippen LogP contribution in [-0.4, -0.2) is 52.8 Å². The third-order valence-electron chi connectivity index (χ3n) is 6.18. The smallest absolute Gasteiger partial charge is 0.351 e. The number of nitrogens with zero attached hydrogens (tertiary/aromatic N) is 2. The van der Waals surface area contributed by atoms with Crippen LogP contribution in [0.1, 0.15) is 59.6 Å². The van der Waals surface area contributed by atoms with E-state index in [0.717, 1.165) is 17.4 Å². The maximum absolute atomic E-state index is 15.7. The largest absolute Gasteiger partial charge is 0.416 e. The van der Waals surface area contributed by atoms with Crippen molar-refractivity contribution >= 4 is 25.3 Å². The van der Waals surface area contributed by atoms with Crippen molar-refractivity contribution in [2.24, 2.45) is 0 Å². The number of nitrogens with two attached hydrogens (primary N) is 1. The molecule has 0 aromatic carbocycles. The monoisotopic (exact) mass is 463 g/mol. The van der Waals surface area contributed by atoms with Crippen LogP contribution in [0.3, 0.4) is 0 Å². The standard InChI is InChI=1S/C19H35F2N3O4Si2/c1-6-12(7-2)30-27-15-14(18(8-3,9-4)28-29-5)26-16(19(15,20)21)24-11-10-13(22)23-17(24)25/h10-12,14-16H,6-9,29-30H2,1-5H3,(H2,22,23,25). The molecule has 0 aliphatic carbocycles. The number of alkyl halides is 2. The Kier molecular flexibility index (Phi) is 8.74. The number of nitrogen functional groups attached to an aromatic ring is 1. The van der Waals surface area contributed by atoms with Gasteiger partial charge in [0.05, 0.1) is 5.60 Å². The Balaban J connectivity index is 2.49. The lowest BCUT2D eigenvalue weighted by molar-refractivity contribution is -0.144. The molecule has 0 amide bonds. The second kappa shape index (κ2) is 10.4. The Morgan fingerprint density at radius 1 is 1.33 bits per heavy atom. The van der Waals surface area contributed by atoms with E-state index in [1.165, 1.54) is 12.3 Å². The molecule has 3 unspecified atom stereocenters. The number of halogens is 2. The van der Waals surface area contributed by atoms with Crippen LogP contribution >= 0.6 is 0 Å². The maximum Gasteiger partial charge on any atom is 0.351 e. The van der Waals surface area contributed by atoms with Crippen molar-refractivity contribution in [2.75, 3.05) is 5.73 Å². The van der Waals surface area contributed by atoms with Gasteiger partial charge in [-0.3, -0.25) is 4.57 Å². The molecule has 2 N–H and O–H groups in total. The van der Waals surface area contributed by atoms with E-state index >= 15 is 8.78 Å². The molecular formula is C19H35F2N3O4Si2. The summed E-state index contributed by atoms with van der Waals surface area (Å²) < 4.78 is 50.2. The molecule has 0 saturated carbocycles. The molecule has 0 bridgehead atoms. The lowest BCUT2D eigenvalue weighted by Crippen LogP contribution is -2.53. The Labute approximate surface area is 181 Å². The van der Waals surface area contributed by atoms with Crippen molar-refractivity contribution in [3.05, 3.63) is 22.7 Å². The molecule has 1 fully saturated rings. The molecule has 3 atom stereocenters. The van der Waals surface area contributed by atoms with Crippen molar-refractivity contribution in [3.8, 4) is 0 Å². The summed E-state index contributed by atoms with van der Waals surface area (Å²) in [6.07, 6.45) is -0.256. The fourth-order valence-electron chi connectivity index (χ4n) is 4.09. The van der Waals surface area contributed by atoms with Crippen LogP contribution in [0.2, 0.25) is 12.1 Å². The van der Waals surface area contributed by atoms with Gasteiger partial charge in [-0.05, 0) is 24.4 Å². The molecule has 2 heterocycles. The molecule has 1 aromatic heterocycles. The molecule has 0 radical (unpaired) electrons. The van der Waals surface area contributed by atoms with Gasteiger partial charge in [-0.25, -0.2) is 4.79 Å². The van der Waals surface area contributed by atoms with Crippen LogP contribution < -0.4 is 11.4 Å². The van der Waals surface area contributed by atoms with Crippen LogP contribution in [-0.2, 0) is 13.6 Å². The second-order valence-electron chi connectivity index (χ2n) is 7.77. The van der Waals surface area contributed by atoms with Gasteiger partial charge in [-0.1, -0.05) is 47.1 Å².